The fourth-order valence-corrected chi connectivity index (χ4v) is 4.20. The maximum absolute atomic E-state index is 13.0. The van der Waals surface area contributed by atoms with Gasteiger partial charge in [0.2, 0.25) is 0 Å². The highest BCUT2D eigenvalue weighted by Crippen LogP contribution is 2.32. The summed E-state index contributed by atoms with van der Waals surface area (Å²) in [6.07, 6.45) is 1.31. The molecule has 1 aliphatic rings. The SMILES string of the molecule is O=C(C1CCCO1)N(Cc1ccccc1)c1nc2ccc(Cl)cc2s1. The lowest BCUT2D eigenvalue weighted by Gasteiger charge is -2.23. The van der Waals surface area contributed by atoms with Crippen molar-refractivity contribution in [1.82, 2.24) is 4.98 Å². The number of carbonyl (C=O) groups excluding carboxylic acids is 1. The number of halogens is 1. The number of hydrogen-bond donors (Lipinski definition) is 0. The predicted molar refractivity (Wildman–Crippen MR) is 101 cm³/mol. The van der Waals surface area contributed by atoms with Crippen molar-refractivity contribution >= 4 is 44.2 Å². The van der Waals surface area contributed by atoms with Gasteiger partial charge in [0.15, 0.2) is 5.13 Å². The van der Waals surface area contributed by atoms with Crippen LogP contribution in [0.3, 0.4) is 0 Å². The molecule has 128 valence electrons. The van der Waals surface area contributed by atoms with Crippen LogP contribution in [0.2, 0.25) is 5.02 Å². The molecular formula is C19H17ClN2O2S. The van der Waals surface area contributed by atoms with Gasteiger partial charge in [-0.2, -0.15) is 0 Å². The number of nitrogens with zero attached hydrogens (tertiary/aromatic N) is 2. The highest BCUT2D eigenvalue weighted by Gasteiger charge is 2.30. The standard InChI is InChI=1S/C19H17ClN2O2S/c20-14-8-9-15-17(11-14)25-19(21-15)22(12-13-5-2-1-3-6-13)18(23)16-7-4-10-24-16/h1-3,5-6,8-9,11,16H,4,7,10,12H2. The van der Waals surface area contributed by atoms with Crippen LogP contribution in [0.25, 0.3) is 10.2 Å². The van der Waals surface area contributed by atoms with Crippen LogP contribution in [0.1, 0.15) is 18.4 Å². The molecular weight excluding hydrogens is 356 g/mol. The molecule has 0 radical (unpaired) electrons. The Bertz CT molecular complexity index is 891. The minimum Gasteiger partial charge on any atom is -0.368 e. The fraction of sp³-hybridized carbons (Fsp3) is 0.263. The highest BCUT2D eigenvalue weighted by molar-refractivity contribution is 7.22. The minimum absolute atomic E-state index is 0.0218. The van der Waals surface area contributed by atoms with E-state index in [0.29, 0.717) is 23.3 Å². The van der Waals surface area contributed by atoms with E-state index < -0.39 is 0 Å². The second kappa shape index (κ2) is 7.12. The van der Waals surface area contributed by atoms with Gasteiger partial charge in [0, 0.05) is 11.6 Å². The van der Waals surface area contributed by atoms with E-state index in [0.717, 1.165) is 28.6 Å². The van der Waals surface area contributed by atoms with E-state index in [1.807, 2.05) is 48.5 Å². The van der Waals surface area contributed by atoms with Crippen molar-refractivity contribution in [2.45, 2.75) is 25.5 Å². The van der Waals surface area contributed by atoms with Gasteiger partial charge in [-0.3, -0.25) is 9.69 Å². The number of hydrogen-bond acceptors (Lipinski definition) is 4. The molecule has 6 heteroatoms. The van der Waals surface area contributed by atoms with Crippen LogP contribution in [-0.4, -0.2) is 23.6 Å². The van der Waals surface area contributed by atoms with Crippen molar-refractivity contribution < 1.29 is 9.53 Å². The molecule has 1 saturated heterocycles. The van der Waals surface area contributed by atoms with E-state index in [-0.39, 0.29) is 12.0 Å². The Morgan fingerprint density at radius 3 is 2.88 bits per heavy atom. The molecule has 2 aromatic carbocycles. The molecule has 1 aliphatic heterocycles. The average Bonchev–Trinajstić information content (AvgIpc) is 3.29. The third-order valence-electron chi connectivity index (χ3n) is 4.22. The summed E-state index contributed by atoms with van der Waals surface area (Å²) < 4.78 is 6.59. The first kappa shape index (κ1) is 16.5. The van der Waals surface area contributed by atoms with Gasteiger partial charge in [-0.1, -0.05) is 53.3 Å². The predicted octanol–water partition coefficient (Wildman–Crippen LogP) is 4.66. The Kier molecular flexibility index (Phi) is 4.70. The number of ether oxygens (including phenoxy) is 1. The first-order valence-corrected chi connectivity index (χ1v) is 9.43. The van der Waals surface area contributed by atoms with E-state index in [4.69, 9.17) is 16.3 Å². The van der Waals surface area contributed by atoms with Crippen LogP contribution in [-0.2, 0) is 16.1 Å². The van der Waals surface area contributed by atoms with Gasteiger partial charge >= 0.3 is 0 Å². The molecule has 0 aliphatic carbocycles. The number of fused-ring (bicyclic) bond motifs is 1. The molecule has 0 bridgehead atoms. The van der Waals surface area contributed by atoms with Gasteiger partial charge in [0.1, 0.15) is 6.10 Å². The van der Waals surface area contributed by atoms with E-state index in [1.165, 1.54) is 11.3 Å². The quantitative estimate of drug-likeness (QED) is 0.668. The molecule has 1 fully saturated rings. The van der Waals surface area contributed by atoms with Gasteiger partial charge in [0.25, 0.3) is 5.91 Å². The summed E-state index contributed by atoms with van der Waals surface area (Å²) in [5, 5.41) is 1.35. The Morgan fingerprint density at radius 1 is 1.28 bits per heavy atom. The van der Waals surface area contributed by atoms with Crippen LogP contribution < -0.4 is 4.90 Å². The molecule has 2 heterocycles. The lowest BCUT2D eigenvalue weighted by molar-refractivity contribution is -0.127. The van der Waals surface area contributed by atoms with Crippen molar-refractivity contribution in [2.75, 3.05) is 11.5 Å². The monoisotopic (exact) mass is 372 g/mol. The van der Waals surface area contributed by atoms with Crippen LogP contribution in [0, 0.1) is 0 Å². The summed E-state index contributed by atoms with van der Waals surface area (Å²) in [5.74, 6) is -0.0218. The molecule has 4 nitrogen and oxygen atoms in total. The zero-order valence-corrected chi connectivity index (χ0v) is 15.1. The first-order chi connectivity index (χ1) is 12.2. The van der Waals surface area contributed by atoms with E-state index in [2.05, 4.69) is 4.98 Å². The molecule has 0 spiro atoms. The van der Waals surface area contributed by atoms with E-state index in [9.17, 15) is 4.79 Å². The van der Waals surface area contributed by atoms with Crippen LogP contribution in [0.5, 0.6) is 0 Å². The Balaban J connectivity index is 1.71. The Hall–Kier alpha value is -1.95. The Labute approximate surface area is 155 Å². The number of rotatable bonds is 4. The number of carbonyl (C=O) groups is 1. The lowest BCUT2D eigenvalue weighted by Crippen LogP contribution is -2.38. The zero-order valence-electron chi connectivity index (χ0n) is 13.5. The maximum atomic E-state index is 13.0. The molecule has 3 aromatic rings. The van der Waals surface area contributed by atoms with E-state index >= 15 is 0 Å². The van der Waals surface area contributed by atoms with Crippen molar-refractivity contribution in [1.29, 1.82) is 0 Å². The molecule has 1 aromatic heterocycles. The van der Waals surface area contributed by atoms with Crippen molar-refractivity contribution in [3.05, 3.63) is 59.1 Å². The first-order valence-electron chi connectivity index (χ1n) is 8.24. The van der Waals surface area contributed by atoms with Gasteiger partial charge in [-0.15, -0.1) is 0 Å². The van der Waals surface area contributed by atoms with Crippen molar-refractivity contribution in [2.24, 2.45) is 0 Å². The second-order valence-electron chi connectivity index (χ2n) is 6.02. The zero-order chi connectivity index (χ0) is 17.2. The summed E-state index contributed by atoms with van der Waals surface area (Å²) in [7, 11) is 0. The van der Waals surface area contributed by atoms with Crippen LogP contribution >= 0.6 is 22.9 Å². The Morgan fingerprint density at radius 2 is 2.12 bits per heavy atom. The molecule has 0 saturated carbocycles. The highest BCUT2D eigenvalue weighted by atomic mass is 35.5. The molecule has 0 N–H and O–H groups in total. The summed E-state index contributed by atoms with van der Waals surface area (Å²) in [4.78, 5) is 19.4. The van der Waals surface area contributed by atoms with Crippen molar-refractivity contribution in [3.63, 3.8) is 0 Å². The minimum atomic E-state index is -0.376. The van der Waals surface area contributed by atoms with Crippen LogP contribution in [0.4, 0.5) is 5.13 Å². The topological polar surface area (TPSA) is 42.4 Å². The molecule has 1 atom stereocenters. The summed E-state index contributed by atoms with van der Waals surface area (Å²) in [6, 6.07) is 15.5. The fourth-order valence-electron chi connectivity index (χ4n) is 2.95. The number of thiazole rings is 1. The third kappa shape index (κ3) is 3.54. The van der Waals surface area contributed by atoms with E-state index in [1.54, 1.807) is 4.90 Å². The number of amides is 1. The smallest absolute Gasteiger partial charge is 0.258 e. The molecule has 1 unspecified atom stereocenters. The van der Waals surface area contributed by atoms with Gasteiger partial charge in [0.05, 0.1) is 16.8 Å². The third-order valence-corrected chi connectivity index (χ3v) is 5.50. The summed E-state index contributed by atoms with van der Waals surface area (Å²) in [5.41, 5.74) is 1.91. The summed E-state index contributed by atoms with van der Waals surface area (Å²) in [6.45, 7) is 1.12. The number of anilines is 1. The van der Waals surface area contributed by atoms with Crippen LogP contribution in [0.15, 0.2) is 48.5 Å². The van der Waals surface area contributed by atoms with Gasteiger partial charge in [-0.05, 0) is 36.6 Å². The molecule has 25 heavy (non-hydrogen) atoms. The van der Waals surface area contributed by atoms with Gasteiger partial charge in [-0.25, -0.2) is 4.98 Å². The molecule has 4 rings (SSSR count). The second-order valence-corrected chi connectivity index (χ2v) is 7.47. The lowest BCUT2D eigenvalue weighted by atomic mass is 10.2. The van der Waals surface area contributed by atoms with Crippen molar-refractivity contribution in [3.8, 4) is 0 Å². The van der Waals surface area contributed by atoms with Gasteiger partial charge < -0.3 is 4.74 Å². The number of aromatic nitrogens is 1. The summed E-state index contributed by atoms with van der Waals surface area (Å²) >= 11 is 7.56. The maximum Gasteiger partial charge on any atom is 0.258 e. The largest absolute Gasteiger partial charge is 0.368 e. The average molecular weight is 373 g/mol. The normalized spacial score (nSPS) is 17.1. The number of benzene rings is 2. The molecule has 1 amide bonds.